The molecule has 3 aromatic rings. The molecular formula is C27H29N3OS3. The first-order valence-electron chi connectivity index (χ1n) is 11.7. The Morgan fingerprint density at radius 2 is 1.76 bits per heavy atom. The monoisotopic (exact) mass is 507 g/mol. The minimum atomic E-state index is -0.00969. The zero-order chi connectivity index (χ0) is 23.9. The lowest BCUT2D eigenvalue weighted by Crippen LogP contribution is -2.28. The van der Waals surface area contributed by atoms with Crippen molar-refractivity contribution in [3.8, 4) is 16.9 Å². The molecule has 4 nitrogen and oxygen atoms in total. The predicted molar refractivity (Wildman–Crippen MR) is 149 cm³/mol. The smallest absolute Gasteiger partial charge is 0.266 e. The van der Waals surface area contributed by atoms with E-state index < -0.39 is 0 Å². The molecule has 34 heavy (non-hydrogen) atoms. The van der Waals surface area contributed by atoms with Crippen LogP contribution in [0, 0.1) is 0 Å². The largest absolute Gasteiger partial charge is 0.293 e. The van der Waals surface area contributed by atoms with Gasteiger partial charge in [-0.3, -0.25) is 9.69 Å². The Hall–Kier alpha value is -2.35. The van der Waals surface area contributed by atoms with E-state index in [2.05, 4.69) is 38.1 Å². The molecule has 0 radical (unpaired) electrons. The standard InChI is InChI=1S/C27H29N3OS3/c1-3-5-16-29-26(31)24(34-27(29)32)18-21-19-30(22-10-8-7-9-11-22)28-25(21)20-12-14-23(15-13-20)33-17-6-4-2/h7-15,18-19H,3-6,16-17H2,1-2H3. The number of rotatable bonds is 10. The van der Waals surface area contributed by atoms with Crippen LogP contribution in [0.1, 0.15) is 45.1 Å². The summed E-state index contributed by atoms with van der Waals surface area (Å²) in [5, 5.41) is 4.91. The lowest BCUT2D eigenvalue weighted by molar-refractivity contribution is -0.122. The number of thioether (sulfide) groups is 2. The highest BCUT2D eigenvalue weighted by Gasteiger charge is 2.31. The van der Waals surface area contributed by atoms with E-state index in [4.69, 9.17) is 17.3 Å². The third-order valence-electron chi connectivity index (χ3n) is 5.55. The first-order chi connectivity index (χ1) is 16.6. The quantitative estimate of drug-likeness (QED) is 0.123. The predicted octanol–water partition coefficient (Wildman–Crippen LogP) is 7.43. The van der Waals surface area contributed by atoms with Crippen LogP contribution < -0.4 is 0 Å². The van der Waals surface area contributed by atoms with Crippen molar-refractivity contribution >= 4 is 52.0 Å². The van der Waals surface area contributed by atoms with Crippen molar-refractivity contribution in [3.05, 3.63) is 71.3 Å². The van der Waals surface area contributed by atoms with Gasteiger partial charge in [-0.15, -0.1) is 11.8 Å². The molecule has 1 aromatic heterocycles. The highest BCUT2D eigenvalue weighted by Crippen LogP contribution is 2.35. The van der Waals surface area contributed by atoms with E-state index in [0.29, 0.717) is 15.8 Å². The Balaban J connectivity index is 1.68. The minimum Gasteiger partial charge on any atom is -0.293 e. The van der Waals surface area contributed by atoms with Crippen molar-refractivity contribution in [1.29, 1.82) is 0 Å². The first kappa shape index (κ1) is 24.8. The van der Waals surface area contributed by atoms with Gasteiger partial charge in [-0.25, -0.2) is 4.68 Å². The molecule has 1 fully saturated rings. The molecule has 1 amide bonds. The fourth-order valence-corrected chi connectivity index (χ4v) is 5.92. The highest BCUT2D eigenvalue weighted by molar-refractivity contribution is 8.26. The van der Waals surface area contributed by atoms with Gasteiger partial charge in [0.2, 0.25) is 0 Å². The number of hydrogen-bond acceptors (Lipinski definition) is 5. The van der Waals surface area contributed by atoms with Crippen LogP contribution in [0.2, 0.25) is 0 Å². The number of para-hydroxylation sites is 1. The molecular weight excluding hydrogens is 479 g/mol. The van der Waals surface area contributed by atoms with Crippen LogP contribution in [-0.2, 0) is 4.79 Å². The van der Waals surface area contributed by atoms with Crippen molar-refractivity contribution in [2.45, 2.75) is 44.4 Å². The van der Waals surface area contributed by atoms with Crippen LogP contribution in [0.25, 0.3) is 23.0 Å². The van der Waals surface area contributed by atoms with Gasteiger partial charge in [-0.05, 0) is 48.9 Å². The molecule has 7 heteroatoms. The van der Waals surface area contributed by atoms with E-state index in [1.54, 1.807) is 4.90 Å². The van der Waals surface area contributed by atoms with Gasteiger partial charge < -0.3 is 0 Å². The fourth-order valence-electron chi connectivity index (χ4n) is 3.62. The Labute approximate surface area is 215 Å². The van der Waals surface area contributed by atoms with Crippen LogP contribution in [0.3, 0.4) is 0 Å². The molecule has 176 valence electrons. The van der Waals surface area contributed by atoms with Crippen molar-refractivity contribution in [3.63, 3.8) is 0 Å². The third kappa shape index (κ3) is 5.82. The second-order valence-electron chi connectivity index (χ2n) is 8.13. The van der Waals surface area contributed by atoms with Crippen LogP contribution in [0.4, 0.5) is 0 Å². The number of nitrogens with zero attached hydrogens (tertiary/aromatic N) is 3. The molecule has 1 saturated heterocycles. The summed E-state index contributed by atoms with van der Waals surface area (Å²) in [5.41, 5.74) is 3.77. The summed E-state index contributed by atoms with van der Waals surface area (Å²) in [6.07, 6.45) is 8.32. The van der Waals surface area contributed by atoms with E-state index in [1.165, 1.54) is 29.5 Å². The maximum absolute atomic E-state index is 13.0. The van der Waals surface area contributed by atoms with Gasteiger partial charge in [0.05, 0.1) is 16.3 Å². The Morgan fingerprint density at radius 3 is 2.47 bits per heavy atom. The number of benzene rings is 2. The summed E-state index contributed by atoms with van der Waals surface area (Å²) in [6, 6.07) is 18.6. The molecule has 0 saturated carbocycles. The average Bonchev–Trinajstić information content (AvgIpc) is 3.39. The molecule has 0 atom stereocenters. The number of carbonyl (C=O) groups excluding carboxylic acids is 1. The Morgan fingerprint density at radius 1 is 1.03 bits per heavy atom. The van der Waals surface area contributed by atoms with Gasteiger partial charge in [0, 0.05) is 28.8 Å². The van der Waals surface area contributed by atoms with Gasteiger partial charge in [0.25, 0.3) is 5.91 Å². The topological polar surface area (TPSA) is 38.1 Å². The SMILES string of the molecule is CCCCSc1ccc(-c2nn(-c3ccccc3)cc2C=C2SC(=S)N(CCCC)C2=O)cc1. The van der Waals surface area contributed by atoms with E-state index in [9.17, 15) is 4.79 Å². The zero-order valence-electron chi connectivity index (χ0n) is 19.6. The van der Waals surface area contributed by atoms with Crippen molar-refractivity contribution in [2.75, 3.05) is 12.3 Å². The lowest BCUT2D eigenvalue weighted by atomic mass is 10.1. The van der Waals surface area contributed by atoms with Gasteiger partial charge in [0.1, 0.15) is 4.32 Å². The second-order valence-corrected chi connectivity index (χ2v) is 11.0. The minimum absolute atomic E-state index is 0.00969. The van der Waals surface area contributed by atoms with Crippen molar-refractivity contribution < 1.29 is 4.79 Å². The molecule has 0 bridgehead atoms. The lowest BCUT2D eigenvalue weighted by Gasteiger charge is -2.12. The number of amides is 1. The highest BCUT2D eigenvalue weighted by atomic mass is 32.2. The van der Waals surface area contributed by atoms with Crippen molar-refractivity contribution in [2.24, 2.45) is 0 Å². The second kappa shape index (κ2) is 11.9. The average molecular weight is 508 g/mol. The molecule has 1 aliphatic heterocycles. The van der Waals surface area contributed by atoms with E-state index in [-0.39, 0.29) is 5.91 Å². The van der Waals surface area contributed by atoms with E-state index in [0.717, 1.165) is 41.1 Å². The van der Waals surface area contributed by atoms with E-state index >= 15 is 0 Å². The van der Waals surface area contributed by atoms with Crippen LogP contribution in [0.15, 0.2) is 70.6 Å². The van der Waals surface area contributed by atoms with Crippen molar-refractivity contribution in [1.82, 2.24) is 14.7 Å². The Bertz CT molecular complexity index is 1170. The van der Waals surface area contributed by atoms with Gasteiger partial charge in [0.15, 0.2) is 0 Å². The third-order valence-corrected chi connectivity index (χ3v) is 8.03. The zero-order valence-corrected chi connectivity index (χ0v) is 22.0. The van der Waals surface area contributed by atoms with Crippen LogP contribution in [-0.4, -0.2) is 37.2 Å². The molecule has 1 aliphatic rings. The van der Waals surface area contributed by atoms with Gasteiger partial charge >= 0.3 is 0 Å². The number of carbonyl (C=O) groups is 1. The summed E-state index contributed by atoms with van der Waals surface area (Å²) < 4.78 is 2.51. The number of hydrogen-bond donors (Lipinski definition) is 0. The molecule has 4 rings (SSSR count). The van der Waals surface area contributed by atoms with Crippen LogP contribution >= 0.6 is 35.7 Å². The summed E-state index contributed by atoms with van der Waals surface area (Å²) in [4.78, 5) is 16.7. The maximum Gasteiger partial charge on any atom is 0.266 e. The maximum atomic E-state index is 13.0. The van der Waals surface area contributed by atoms with Crippen LogP contribution in [0.5, 0.6) is 0 Å². The number of unbranched alkanes of at least 4 members (excludes halogenated alkanes) is 2. The number of aromatic nitrogens is 2. The first-order valence-corrected chi connectivity index (χ1v) is 14.0. The summed E-state index contributed by atoms with van der Waals surface area (Å²) >= 11 is 8.76. The van der Waals surface area contributed by atoms with Gasteiger partial charge in [-0.2, -0.15) is 5.10 Å². The van der Waals surface area contributed by atoms with Gasteiger partial charge in [-0.1, -0.05) is 81.0 Å². The summed E-state index contributed by atoms with van der Waals surface area (Å²) in [5.74, 6) is 1.12. The fraction of sp³-hybridized carbons (Fsp3) is 0.296. The molecule has 0 unspecified atom stereocenters. The Kier molecular flexibility index (Phi) is 8.64. The number of thiocarbonyl (C=S) groups is 1. The summed E-state index contributed by atoms with van der Waals surface area (Å²) in [6.45, 7) is 5.00. The molecule has 2 aromatic carbocycles. The molecule has 0 N–H and O–H groups in total. The molecule has 0 aliphatic carbocycles. The molecule has 0 spiro atoms. The normalized spacial score (nSPS) is 15.0. The van der Waals surface area contributed by atoms with E-state index in [1.807, 2.05) is 59.0 Å². The molecule has 2 heterocycles. The summed E-state index contributed by atoms with van der Waals surface area (Å²) in [7, 11) is 0.